The van der Waals surface area contributed by atoms with Crippen LogP contribution in [0, 0.1) is 14.9 Å². The minimum Gasteiger partial charge on any atom is -0.493 e. The first-order valence-corrected chi connectivity index (χ1v) is 9.73. The third-order valence-corrected chi connectivity index (χ3v) is 5.09. The first-order valence-electron chi connectivity index (χ1n) is 7.89. The van der Waals surface area contributed by atoms with Gasteiger partial charge in [0.1, 0.15) is 18.2 Å². The van der Waals surface area contributed by atoms with E-state index in [0.717, 1.165) is 3.57 Å². The van der Waals surface area contributed by atoms with Crippen molar-refractivity contribution in [2.24, 2.45) is 0 Å². The van der Waals surface area contributed by atoms with E-state index < -0.39 is 5.91 Å². The van der Waals surface area contributed by atoms with Crippen molar-refractivity contribution in [2.45, 2.75) is 0 Å². The van der Waals surface area contributed by atoms with Gasteiger partial charge in [0.2, 0.25) is 0 Å². The molecule has 2 aromatic carbocycles. The van der Waals surface area contributed by atoms with Crippen LogP contribution in [-0.2, 0) is 4.79 Å². The van der Waals surface area contributed by atoms with Crippen LogP contribution >= 0.6 is 45.8 Å². The molecule has 144 valence electrons. The number of nitriles is 1. The molecular weight excluding hydrogens is 514 g/mol. The molecule has 0 fully saturated rings. The van der Waals surface area contributed by atoms with Crippen LogP contribution in [-0.4, -0.2) is 19.6 Å². The van der Waals surface area contributed by atoms with Gasteiger partial charge in [-0.25, -0.2) is 0 Å². The molecule has 0 saturated carbocycles. The van der Waals surface area contributed by atoms with Gasteiger partial charge in [0.05, 0.1) is 26.4 Å². The lowest BCUT2D eigenvalue weighted by atomic mass is 10.1. The van der Waals surface area contributed by atoms with Gasteiger partial charge in [-0.1, -0.05) is 41.9 Å². The molecule has 0 unspecified atom stereocenters. The van der Waals surface area contributed by atoms with Crippen LogP contribution in [0.3, 0.4) is 0 Å². The summed E-state index contributed by atoms with van der Waals surface area (Å²) >= 11 is 14.1. The van der Waals surface area contributed by atoms with Crippen molar-refractivity contribution >= 4 is 63.5 Å². The average molecular weight is 529 g/mol. The molecular formula is C20H15Cl2IN2O3. The number of amides is 1. The fraction of sp³-hybridized carbons (Fsp3) is 0.100. The van der Waals surface area contributed by atoms with E-state index in [9.17, 15) is 10.1 Å². The third kappa shape index (κ3) is 5.41. The van der Waals surface area contributed by atoms with Crippen molar-refractivity contribution in [2.75, 3.05) is 19.0 Å². The number of hydrogen-bond acceptors (Lipinski definition) is 4. The zero-order valence-electron chi connectivity index (χ0n) is 14.8. The molecule has 0 saturated heterocycles. The second-order valence-electron chi connectivity index (χ2n) is 5.36. The highest BCUT2D eigenvalue weighted by Crippen LogP contribution is 2.35. The van der Waals surface area contributed by atoms with Crippen LogP contribution in [0.4, 0.5) is 5.69 Å². The second kappa shape index (κ2) is 10.4. The van der Waals surface area contributed by atoms with Crippen LogP contribution in [0.2, 0.25) is 10.0 Å². The molecule has 1 amide bonds. The van der Waals surface area contributed by atoms with E-state index in [0.29, 0.717) is 34.4 Å². The van der Waals surface area contributed by atoms with E-state index >= 15 is 0 Å². The van der Waals surface area contributed by atoms with Crippen LogP contribution in [0.5, 0.6) is 11.5 Å². The van der Waals surface area contributed by atoms with E-state index in [1.807, 2.05) is 6.07 Å². The van der Waals surface area contributed by atoms with Crippen molar-refractivity contribution in [3.05, 3.63) is 67.7 Å². The van der Waals surface area contributed by atoms with Gasteiger partial charge in [0.25, 0.3) is 5.91 Å². The number of anilines is 1. The first kappa shape index (κ1) is 22.1. The summed E-state index contributed by atoms with van der Waals surface area (Å²) in [5.41, 5.74) is 0.824. The number of carbonyl (C=O) groups is 1. The maximum Gasteiger partial charge on any atom is 0.266 e. The number of ether oxygens (including phenoxy) is 2. The van der Waals surface area contributed by atoms with Crippen molar-refractivity contribution in [3.63, 3.8) is 0 Å². The largest absolute Gasteiger partial charge is 0.493 e. The summed E-state index contributed by atoms with van der Waals surface area (Å²) in [5, 5.41) is 12.5. The van der Waals surface area contributed by atoms with Crippen LogP contribution in [0.25, 0.3) is 6.08 Å². The number of benzene rings is 2. The summed E-state index contributed by atoms with van der Waals surface area (Å²) in [6.45, 7) is 3.95. The second-order valence-corrected chi connectivity index (χ2v) is 7.31. The number of halogens is 3. The molecule has 0 atom stereocenters. The highest BCUT2D eigenvalue weighted by molar-refractivity contribution is 14.1. The Morgan fingerprint density at radius 1 is 1.39 bits per heavy atom. The molecule has 2 rings (SSSR count). The number of hydrogen-bond donors (Lipinski definition) is 1. The Kier molecular flexibility index (Phi) is 8.18. The van der Waals surface area contributed by atoms with Crippen LogP contribution in [0.1, 0.15) is 5.56 Å². The summed E-state index contributed by atoms with van der Waals surface area (Å²) in [6.07, 6.45) is 3.08. The van der Waals surface area contributed by atoms with E-state index in [2.05, 4.69) is 34.5 Å². The van der Waals surface area contributed by atoms with E-state index in [4.69, 9.17) is 32.7 Å². The Labute approximate surface area is 186 Å². The summed E-state index contributed by atoms with van der Waals surface area (Å²) in [7, 11) is 1.51. The Morgan fingerprint density at radius 2 is 2.14 bits per heavy atom. The van der Waals surface area contributed by atoms with E-state index in [-0.39, 0.29) is 10.6 Å². The summed E-state index contributed by atoms with van der Waals surface area (Å²) < 4.78 is 11.7. The first-order chi connectivity index (χ1) is 13.4. The van der Waals surface area contributed by atoms with E-state index in [1.54, 1.807) is 36.4 Å². The molecule has 8 heteroatoms. The number of nitrogens with one attached hydrogen (secondary N) is 1. The molecule has 0 aromatic heterocycles. The SMILES string of the molecule is C=CCOc1c(I)cc(/C=C(\C#N)C(=O)Nc2cccc(Cl)c2Cl)cc1OC. The van der Waals surface area contributed by atoms with Gasteiger partial charge in [-0.05, 0) is 58.5 Å². The number of rotatable bonds is 7. The Morgan fingerprint density at radius 3 is 2.79 bits per heavy atom. The quantitative estimate of drug-likeness (QED) is 0.216. The molecule has 1 N–H and O–H groups in total. The number of methoxy groups -OCH3 is 1. The normalized spacial score (nSPS) is 10.8. The Hall–Kier alpha value is -2.21. The van der Waals surface area contributed by atoms with Gasteiger partial charge in [-0.3, -0.25) is 4.79 Å². The smallest absolute Gasteiger partial charge is 0.266 e. The van der Waals surface area contributed by atoms with Crippen molar-refractivity contribution in [1.82, 2.24) is 0 Å². The van der Waals surface area contributed by atoms with Crippen molar-refractivity contribution in [3.8, 4) is 17.6 Å². The summed E-state index contributed by atoms with van der Waals surface area (Å²) in [6, 6.07) is 10.2. The predicted octanol–water partition coefficient (Wildman–Crippen LogP) is 5.72. The minimum absolute atomic E-state index is 0.103. The number of nitrogens with zero attached hydrogens (tertiary/aromatic N) is 1. The summed E-state index contributed by atoms with van der Waals surface area (Å²) in [4.78, 5) is 12.5. The molecule has 5 nitrogen and oxygen atoms in total. The third-order valence-electron chi connectivity index (χ3n) is 3.47. The van der Waals surface area contributed by atoms with Crippen molar-refractivity contribution < 1.29 is 14.3 Å². The Balaban J connectivity index is 2.34. The number of carbonyl (C=O) groups excluding carboxylic acids is 1. The van der Waals surface area contributed by atoms with Gasteiger partial charge >= 0.3 is 0 Å². The molecule has 0 aliphatic carbocycles. The minimum atomic E-state index is -0.604. The molecule has 28 heavy (non-hydrogen) atoms. The maximum atomic E-state index is 12.5. The molecule has 0 heterocycles. The monoisotopic (exact) mass is 528 g/mol. The zero-order valence-corrected chi connectivity index (χ0v) is 18.4. The highest BCUT2D eigenvalue weighted by atomic mass is 127. The fourth-order valence-corrected chi connectivity index (χ4v) is 3.34. The van der Waals surface area contributed by atoms with Gasteiger partial charge < -0.3 is 14.8 Å². The molecule has 0 bridgehead atoms. The Bertz CT molecular complexity index is 984. The average Bonchev–Trinajstić information content (AvgIpc) is 2.68. The lowest BCUT2D eigenvalue weighted by Crippen LogP contribution is -2.13. The molecule has 0 aliphatic rings. The van der Waals surface area contributed by atoms with Gasteiger partial charge in [0.15, 0.2) is 11.5 Å². The fourth-order valence-electron chi connectivity index (χ4n) is 2.21. The lowest BCUT2D eigenvalue weighted by molar-refractivity contribution is -0.112. The molecule has 0 aliphatic heterocycles. The van der Waals surface area contributed by atoms with Gasteiger partial charge in [-0.15, -0.1) is 0 Å². The standard InChI is InChI=1S/C20H15Cl2IN2O3/c1-3-7-28-19-15(23)9-12(10-17(19)27-2)8-13(11-24)20(26)25-16-6-4-5-14(21)18(16)22/h3-6,8-10H,1,7H2,2H3,(H,25,26)/b13-8+. The maximum absolute atomic E-state index is 12.5. The molecule has 2 aromatic rings. The van der Waals surface area contributed by atoms with Crippen molar-refractivity contribution in [1.29, 1.82) is 5.26 Å². The van der Waals surface area contributed by atoms with Crippen LogP contribution in [0.15, 0.2) is 48.6 Å². The van der Waals surface area contributed by atoms with Gasteiger partial charge in [-0.2, -0.15) is 5.26 Å². The van der Waals surface area contributed by atoms with Crippen LogP contribution < -0.4 is 14.8 Å². The summed E-state index contributed by atoms with van der Waals surface area (Å²) in [5.74, 6) is 0.442. The highest BCUT2D eigenvalue weighted by Gasteiger charge is 2.15. The van der Waals surface area contributed by atoms with Gasteiger partial charge in [0, 0.05) is 0 Å². The zero-order chi connectivity index (χ0) is 20.7. The molecule has 0 spiro atoms. The lowest BCUT2D eigenvalue weighted by Gasteiger charge is -2.12. The topological polar surface area (TPSA) is 71.3 Å². The predicted molar refractivity (Wildman–Crippen MR) is 120 cm³/mol. The molecule has 0 radical (unpaired) electrons. The van der Waals surface area contributed by atoms with E-state index in [1.165, 1.54) is 13.2 Å².